The maximum absolute atomic E-state index is 12.5. The quantitative estimate of drug-likeness (QED) is 0.888. The first-order chi connectivity index (χ1) is 9.98. The van der Waals surface area contributed by atoms with Crippen molar-refractivity contribution in [2.75, 3.05) is 26.0 Å². The third-order valence-electron chi connectivity index (χ3n) is 4.21. The van der Waals surface area contributed by atoms with Gasteiger partial charge in [-0.05, 0) is 31.0 Å². The number of benzene rings is 1. The van der Waals surface area contributed by atoms with Crippen molar-refractivity contribution < 1.29 is 9.59 Å². The second kappa shape index (κ2) is 6.26. The summed E-state index contributed by atoms with van der Waals surface area (Å²) in [4.78, 5) is 26.0. The fraction of sp³-hybridized carbons (Fsp3) is 0.500. The number of amides is 2. The number of nitrogens with one attached hydrogen (secondary N) is 1. The number of nitrogens with two attached hydrogens (primary N) is 1. The molecule has 114 valence electrons. The summed E-state index contributed by atoms with van der Waals surface area (Å²) in [6, 6.07) is 7.02. The highest BCUT2D eigenvalue weighted by molar-refractivity contribution is 5.98. The first kappa shape index (κ1) is 15.5. The Morgan fingerprint density at radius 2 is 1.95 bits per heavy atom. The van der Waals surface area contributed by atoms with Crippen LogP contribution in [0.3, 0.4) is 0 Å². The fourth-order valence-electron chi connectivity index (χ4n) is 2.83. The maximum atomic E-state index is 12.5. The number of hydrogen-bond acceptors (Lipinski definition) is 3. The predicted molar refractivity (Wildman–Crippen MR) is 83.0 cm³/mol. The van der Waals surface area contributed by atoms with E-state index < -0.39 is 5.41 Å². The summed E-state index contributed by atoms with van der Waals surface area (Å²) in [5, 5.41) is 2.92. The Bertz CT molecular complexity index is 534. The van der Waals surface area contributed by atoms with E-state index in [2.05, 4.69) is 5.32 Å². The molecule has 1 aromatic carbocycles. The number of carbonyl (C=O) groups is 2. The molecule has 0 bridgehead atoms. The summed E-state index contributed by atoms with van der Waals surface area (Å²) in [5.74, 6) is -0.113. The molecule has 0 radical (unpaired) electrons. The molecule has 5 heteroatoms. The van der Waals surface area contributed by atoms with Crippen molar-refractivity contribution in [2.45, 2.75) is 25.7 Å². The van der Waals surface area contributed by atoms with Gasteiger partial charge in [0.1, 0.15) is 0 Å². The zero-order valence-electron chi connectivity index (χ0n) is 12.7. The zero-order chi connectivity index (χ0) is 15.5. The Morgan fingerprint density at radius 1 is 1.29 bits per heavy atom. The Morgan fingerprint density at radius 3 is 2.52 bits per heavy atom. The molecule has 1 fully saturated rings. The number of rotatable bonds is 4. The number of nitrogens with zero attached hydrogens (tertiary/aromatic N) is 1. The van der Waals surface area contributed by atoms with E-state index in [1.165, 1.54) is 4.90 Å². The van der Waals surface area contributed by atoms with Gasteiger partial charge in [0.15, 0.2) is 0 Å². The van der Waals surface area contributed by atoms with Crippen LogP contribution in [0, 0.1) is 5.41 Å². The second-order valence-electron chi connectivity index (χ2n) is 5.93. The average Bonchev–Trinajstić information content (AvgIpc) is 2.96. The molecule has 0 saturated heterocycles. The molecule has 0 atom stereocenters. The van der Waals surface area contributed by atoms with E-state index in [4.69, 9.17) is 5.73 Å². The molecular weight excluding hydrogens is 266 g/mol. The summed E-state index contributed by atoms with van der Waals surface area (Å²) < 4.78 is 0. The van der Waals surface area contributed by atoms with E-state index in [0.717, 1.165) is 25.7 Å². The van der Waals surface area contributed by atoms with E-state index in [1.54, 1.807) is 38.4 Å². The lowest BCUT2D eigenvalue weighted by molar-refractivity contribution is -0.124. The molecule has 0 spiro atoms. The van der Waals surface area contributed by atoms with E-state index in [1.807, 2.05) is 0 Å². The number of anilines is 1. The molecule has 1 aliphatic carbocycles. The first-order valence-corrected chi connectivity index (χ1v) is 7.32. The molecule has 2 amide bonds. The molecule has 3 N–H and O–H groups in total. The van der Waals surface area contributed by atoms with Crippen LogP contribution in [0.25, 0.3) is 0 Å². The zero-order valence-corrected chi connectivity index (χ0v) is 12.7. The van der Waals surface area contributed by atoms with Crippen LogP contribution in [0.2, 0.25) is 0 Å². The molecule has 2 rings (SSSR count). The average molecular weight is 289 g/mol. The topological polar surface area (TPSA) is 75.4 Å². The van der Waals surface area contributed by atoms with Crippen molar-refractivity contribution >= 4 is 17.5 Å². The van der Waals surface area contributed by atoms with Gasteiger partial charge in [-0.25, -0.2) is 0 Å². The van der Waals surface area contributed by atoms with Crippen LogP contribution >= 0.6 is 0 Å². The lowest BCUT2D eigenvalue weighted by atomic mass is 9.85. The molecule has 0 aromatic heterocycles. The van der Waals surface area contributed by atoms with Crippen LogP contribution in [0.15, 0.2) is 24.3 Å². The van der Waals surface area contributed by atoms with Gasteiger partial charge in [-0.3, -0.25) is 9.59 Å². The monoisotopic (exact) mass is 289 g/mol. The van der Waals surface area contributed by atoms with Crippen LogP contribution in [0.4, 0.5) is 5.69 Å². The largest absolute Gasteiger partial charge is 0.345 e. The van der Waals surface area contributed by atoms with Gasteiger partial charge in [-0.15, -0.1) is 0 Å². The number of hydrogen-bond donors (Lipinski definition) is 2. The van der Waals surface area contributed by atoms with Crippen LogP contribution in [0.5, 0.6) is 0 Å². The van der Waals surface area contributed by atoms with E-state index in [-0.39, 0.29) is 11.8 Å². The molecule has 1 aromatic rings. The first-order valence-electron chi connectivity index (χ1n) is 7.32. The van der Waals surface area contributed by atoms with E-state index in [0.29, 0.717) is 17.8 Å². The molecule has 21 heavy (non-hydrogen) atoms. The highest BCUT2D eigenvalue weighted by Gasteiger charge is 2.39. The maximum Gasteiger partial charge on any atom is 0.253 e. The Balaban J connectivity index is 2.14. The SMILES string of the molecule is CN(C)C(=O)c1cccc(NC(=O)C2(CN)CCCC2)c1. The Kier molecular flexibility index (Phi) is 4.63. The Labute approximate surface area is 125 Å². The lowest BCUT2D eigenvalue weighted by Crippen LogP contribution is -2.40. The summed E-state index contributed by atoms with van der Waals surface area (Å²) in [7, 11) is 3.41. The highest BCUT2D eigenvalue weighted by Crippen LogP contribution is 2.38. The third-order valence-corrected chi connectivity index (χ3v) is 4.21. The van der Waals surface area contributed by atoms with Gasteiger partial charge in [-0.1, -0.05) is 18.9 Å². The van der Waals surface area contributed by atoms with Crippen molar-refractivity contribution in [2.24, 2.45) is 11.1 Å². The van der Waals surface area contributed by atoms with Crippen LogP contribution < -0.4 is 11.1 Å². The predicted octanol–water partition coefficient (Wildman–Crippen LogP) is 1.85. The smallest absolute Gasteiger partial charge is 0.253 e. The van der Waals surface area contributed by atoms with Gasteiger partial charge in [0.2, 0.25) is 5.91 Å². The minimum absolute atomic E-state index is 0.0306. The lowest BCUT2D eigenvalue weighted by Gasteiger charge is -2.25. The summed E-state index contributed by atoms with van der Waals surface area (Å²) in [6.45, 7) is 0.370. The molecule has 1 aliphatic rings. The van der Waals surface area contributed by atoms with Crippen molar-refractivity contribution in [3.8, 4) is 0 Å². The standard InChI is InChI=1S/C16H23N3O2/c1-19(2)14(20)12-6-5-7-13(10-12)18-15(21)16(11-17)8-3-4-9-16/h5-7,10H,3-4,8-9,11,17H2,1-2H3,(H,18,21). The van der Waals surface area contributed by atoms with Crippen molar-refractivity contribution in [3.63, 3.8) is 0 Å². The second-order valence-corrected chi connectivity index (χ2v) is 5.93. The van der Waals surface area contributed by atoms with Gasteiger partial charge in [0.25, 0.3) is 5.91 Å². The van der Waals surface area contributed by atoms with E-state index in [9.17, 15) is 9.59 Å². The minimum atomic E-state index is -0.443. The summed E-state index contributed by atoms with van der Waals surface area (Å²) in [5.41, 5.74) is 6.58. The fourth-order valence-corrected chi connectivity index (χ4v) is 2.83. The van der Waals surface area contributed by atoms with Gasteiger partial charge in [0.05, 0.1) is 5.41 Å². The van der Waals surface area contributed by atoms with Crippen LogP contribution in [-0.2, 0) is 4.79 Å². The summed E-state index contributed by atoms with van der Waals surface area (Å²) in [6.07, 6.45) is 3.77. The minimum Gasteiger partial charge on any atom is -0.345 e. The molecule has 5 nitrogen and oxygen atoms in total. The van der Waals surface area contributed by atoms with Gasteiger partial charge >= 0.3 is 0 Å². The Hall–Kier alpha value is -1.88. The van der Waals surface area contributed by atoms with Gasteiger partial charge in [0, 0.05) is 31.9 Å². The molecule has 0 aliphatic heterocycles. The van der Waals surface area contributed by atoms with Gasteiger partial charge < -0.3 is 16.0 Å². The van der Waals surface area contributed by atoms with Gasteiger partial charge in [-0.2, -0.15) is 0 Å². The van der Waals surface area contributed by atoms with Crippen molar-refractivity contribution in [3.05, 3.63) is 29.8 Å². The third kappa shape index (κ3) is 3.24. The van der Waals surface area contributed by atoms with Crippen LogP contribution in [0.1, 0.15) is 36.0 Å². The van der Waals surface area contributed by atoms with Crippen LogP contribution in [-0.4, -0.2) is 37.4 Å². The molecule has 0 unspecified atom stereocenters. The molecule has 0 heterocycles. The van der Waals surface area contributed by atoms with Crippen molar-refractivity contribution in [1.29, 1.82) is 0 Å². The normalized spacial score (nSPS) is 16.5. The van der Waals surface area contributed by atoms with Crippen molar-refractivity contribution in [1.82, 2.24) is 4.90 Å². The molecule has 1 saturated carbocycles. The number of carbonyl (C=O) groups excluding carboxylic acids is 2. The highest BCUT2D eigenvalue weighted by atomic mass is 16.2. The van der Waals surface area contributed by atoms with E-state index >= 15 is 0 Å². The summed E-state index contributed by atoms with van der Waals surface area (Å²) >= 11 is 0. The molecular formula is C16H23N3O2.